The highest BCUT2D eigenvalue weighted by Crippen LogP contribution is 2.22. The van der Waals surface area contributed by atoms with Crippen LogP contribution in [0.5, 0.6) is 0 Å². The highest BCUT2D eigenvalue weighted by atomic mass is 16.6. The number of nitrogens with zero attached hydrogens (tertiary/aromatic N) is 1. The van der Waals surface area contributed by atoms with Crippen molar-refractivity contribution in [3.63, 3.8) is 0 Å². The third-order valence-electron chi connectivity index (χ3n) is 5.08. The number of aromatic nitrogens is 1. The van der Waals surface area contributed by atoms with Crippen LogP contribution in [-0.4, -0.2) is 56.9 Å². The second-order valence-corrected chi connectivity index (χ2v) is 10.7. The number of nitrogens with one attached hydrogen (secondary N) is 2. The number of hydrogen-bond acceptors (Lipinski definition) is 6. The summed E-state index contributed by atoms with van der Waals surface area (Å²) < 4.78 is 12.4. The predicted molar refractivity (Wildman–Crippen MR) is 134 cm³/mol. The van der Waals surface area contributed by atoms with Crippen LogP contribution in [0.25, 0.3) is 10.9 Å². The third kappa shape index (κ3) is 8.90. The molecule has 0 spiro atoms. The molecule has 0 unspecified atom stereocenters. The van der Waals surface area contributed by atoms with Crippen molar-refractivity contribution in [3.05, 3.63) is 36.0 Å². The number of rotatable bonds is 9. The van der Waals surface area contributed by atoms with Gasteiger partial charge in [-0.05, 0) is 59.6 Å². The van der Waals surface area contributed by atoms with Gasteiger partial charge in [0.05, 0.1) is 0 Å². The van der Waals surface area contributed by atoms with E-state index in [-0.39, 0.29) is 19.3 Å². The van der Waals surface area contributed by atoms with Crippen molar-refractivity contribution >= 4 is 34.8 Å². The minimum atomic E-state index is -1.26. The molecule has 0 radical (unpaired) electrons. The summed E-state index contributed by atoms with van der Waals surface area (Å²) >= 11 is 0. The quantitative estimate of drug-likeness (QED) is 0.447. The SMILES string of the molecule is Cn1cc(C[C@@H](NC(=O)[C@H](CCC(=O)OC(C)(C)C)NC(=O)OC(C)(C)C)C(=O)O)c2ccccc21. The van der Waals surface area contributed by atoms with Crippen molar-refractivity contribution in [2.75, 3.05) is 0 Å². The average molecular weight is 504 g/mol. The summed E-state index contributed by atoms with van der Waals surface area (Å²) in [6.45, 7) is 10.2. The van der Waals surface area contributed by atoms with E-state index in [2.05, 4.69) is 10.6 Å². The van der Waals surface area contributed by atoms with Crippen LogP contribution in [0.3, 0.4) is 0 Å². The van der Waals surface area contributed by atoms with E-state index in [0.29, 0.717) is 0 Å². The number of para-hydroxylation sites is 1. The molecule has 0 saturated carbocycles. The first-order valence-corrected chi connectivity index (χ1v) is 11.8. The minimum absolute atomic E-state index is 0.0354. The summed E-state index contributed by atoms with van der Waals surface area (Å²) in [6.07, 6.45) is 0.749. The molecule has 10 heteroatoms. The topological polar surface area (TPSA) is 136 Å². The van der Waals surface area contributed by atoms with Gasteiger partial charge in [-0.1, -0.05) is 18.2 Å². The van der Waals surface area contributed by atoms with Gasteiger partial charge in [0.1, 0.15) is 23.3 Å². The van der Waals surface area contributed by atoms with E-state index in [4.69, 9.17) is 9.47 Å². The molecule has 2 rings (SSSR count). The normalized spacial score (nSPS) is 13.5. The second-order valence-electron chi connectivity index (χ2n) is 10.7. The number of carboxylic acid groups (broad SMARTS) is 1. The van der Waals surface area contributed by atoms with Crippen molar-refractivity contribution < 1.29 is 33.8 Å². The van der Waals surface area contributed by atoms with Crippen LogP contribution in [0, 0.1) is 0 Å². The minimum Gasteiger partial charge on any atom is -0.480 e. The number of carbonyl (C=O) groups is 4. The fourth-order valence-electron chi connectivity index (χ4n) is 3.65. The number of esters is 1. The molecule has 0 aliphatic rings. The number of alkyl carbamates (subject to hydrolysis) is 1. The Hall–Kier alpha value is -3.56. The summed E-state index contributed by atoms with van der Waals surface area (Å²) in [6, 6.07) is 5.09. The molecule has 0 fully saturated rings. The Morgan fingerprint density at radius 2 is 1.56 bits per heavy atom. The summed E-state index contributed by atoms with van der Waals surface area (Å²) in [7, 11) is 1.86. The van der Waals surface area contributed by atoms with Gasteiger partial charge in [0.15, 0.2) is 0 Å². The molecule has 1 heterocycles. The van der Waals surface area contributed by atoms with Gasteiger partial charge in [-0.2, -0.15) is 0 Å². The molecule has 2 amide bonds. The predicted octanol–water partition coefficient (Wildman–Crippen LogP) is 3.31. The first-order chi connectivity index (χ1) is 16.6. The van der Waals surface area contributed by atoms with E-state index in [1.54, 1.807) is 41.5 Å². The number of fused-ring (bicyclic) bond motifs is 1. The molecule has 2 aromatic rings. The first kappa shape index (κ1) is 28.7. The Labute approximate surface area is 211 Å². The number of benzene rings is 1. The van der Waals surface area contributed by atoms with Crippen molar-refractivity contribution in [2.24, 2.45) is 7.05 Å². The van der Waals surface area contributed by atoms with Gasteiger partial charge in [0, 0.05) is 37.0 Å². The monoisotopic (exact) mass is 503 g/mol. The van der Waals surface area contributed by atoms with Gasteiger partial charge in [-0.15, -0.1) is 0 Å². The molecule has 0 bridgehead atoms. The Kier molecular flexibility index (Phi) is 9.12. The van der Waals surface area contributed by atoms with Gasteiger partial charge in [0.25, 0.3) is 0 Å². The summed E-state index contributed by atoms with van der Waals surface area (Å²) in [5.41, 5.74) is 0.171. The number of hydrogen-bond donors (Lipinski definition) is 3. The molecule has 1 aromatic carbocycles. The number of aliphatic carboxylic acids is 1. The van der Waals surface area contributed by atoms with Crippen LogP contribution >= 0.6 is 0 Å². The molecule has 3 N–H and O–H groups in total. The summed E-state index contributed by atoms with van der Waals surface area (Å²) in [4.78, 5) is 49.7. The molecule has 0 aliphatic heterocycles. The third-order valence-corrected chi connectivity index (χ3v) is 5.08. The van der Waals surface area contributed by atoms with E-state index < -0.39 is 47.2 Å². The number of aryl methyl sites for hydroxylation is 1. The molecule has 1 aromatic heterocycles. The Balaban J connectivity index is 2.19. The van der Waals surface area contributed by atoms with Crippen LogP contribution in [0.1, 0.15) is 59.9 Å². The number of carboxylic acids is 1. The van der Waals surface area contributed by atoms with E-state index in [1.807, 2.05) is 42.1 Å². The van der Waals surface area contributed by atoms with Crippen LogP contribution in [-0.2, 0) is 37.3 Å². The fourth-order valence-corrected chi connectivity index (χ4v) is 3.65. The molecule has 0 saturated heterocycles. The molecular weight excluding hydrogens is 466 g/mol. The van der Waals surface area contributed by atoms with Gasteiger partial charge in [-0.3, -0.25) is 9.59 Å². The largest absolute Gasteiger partial charge is 0.480 e. The maximum atomic E-state index is 13.1. The fraction of sp³-hybridized carbons (Fsp3) is 0.538. The maximum absolute atomic E-state index is 13.1. The van der Waals surface area contributed by atoms with Gasteiger partial charge < -0.3 is 29.8 Å². The summed E-state index contributed by atoms with van der Waals surface area (Å²) in [5.74, 6) is -2.51. The standard InChI is InChI=1S/C26H37N3O7/c1-25(2,3)35-21(30)13-12-18(28-24(34)36-26(4,5)6)22(31)27-19(23(32)33)14-16-15-29(7)20-11-9-8-10-17(16)20/h8-11,15,18-19H,12-14H2,1-7H3,(H,27,31)(H,28,34)(H,32,33)/t18-,19+/m0/s1. The van der Waals surface area contributed by atoms with E-state index in [0.717, 1.165) is 16.5 Å². The molecule has 198 valence electrons. The number of ether oxygens (including phenoxy) is 2. The molecule has 36 heavy (non-hydrogen) atoms. The van der Waals surface area contributed by atoms with Crippen molar-refractivity contribution in [1.29, 1.82) is 0 Å². The van der Waals surface area contributed by atoms with E-state index >= 15 is 0 Å². The van der Waals surface area contributed by atoms with Crippen LogP contribution in [0.15, 0.2) is 30.5 Å². The molecule has 2 atom stereocenters. The Morgan fingerprint density at radius 3 is 2.14 bits per heavy atom. The van der Waals surface area contributed by atoms with Gasteiger partial charge in [0.2, 0.25) is 5.91 Å². The number of amides is 2. The lowest BCUT2D eigenvalue weighted by molar-refractivity contribution is -0.155. The lowest BCUT2D eigenvalue weighted by atomic mass is 10.0. The van der Waals surface area contributed by atoms with Crippen LogP contribution in [0.2, 0.25) is 0 Å². The maximum Gasteiger partial charge on any atom is 0.408 e. The average Bonchev–Trinajstić information content (AvgIpc) is 3.03. The Bertz CT molecular complexity index is 1110. The molecule has 0 aliphatic carbocycles. The summed E-state index contributed by atoms with van der Waals surface area (Å²) in [5, 5.41) is 15.7. The zero-order chi connectivity index (χ0) is 27.3. The lowest BCUT2D eigenvalue weighted by Crippen LogP contribution is -2.53. The zero-order valence-electron chi connectivity index (χ0n) is 22.0. The highest BCUT2D eigenvalue weighted by Gasteiger charge is 2.30. The molecule has 10 nitrogen and oxygen atoms in total. The van der Waals surface area contributed by atoms with Gasteiger partial charge >= 0.3 is 18.0 Å². The smallest absolute Gasteiger partial charge is 0.408 e. The lowest BCUT2D eigenvalue weighted by Gasteiger charge is -2.25. The van der Waals surface area contributed by atoms with Gasteiger partial charge in [-0.25, -0.2) is 9.59 Å². The second kappa shape index (κ2) is 11.5. The van der Waals surface area contributed by atoms with Crippen LogP contribution in [0.4, 0.5) is 4.79 Å². The first-order valence-electron chi connectivity index (χ1n) is 11.8. The Morgan fingerprint density at radius 1 is 0.944 bits per heavy atom. The van der Waals surface area contributed by atoms with E-state index in [1.165, 1.54) is 0 Å². The van der Waals surface area contributed by atoms with E-state index in [9.17, 15) is 24.3 Å². The molecular formula is C26H37N3O7. The van der Waals surface area contributed by atoms with Crippen molar-refractivity contribution in [3.8, 4) is 0 Å². The zero-order valence-corrected chi connectivity index (χ0v) is 22.0. The highest BCUT2D eigenvalue weighted by molar-refractivity contribution is 5.90. The van der Waals surface area contributed by atoms with Crippen LogP contribution < -0.4 is 10.6 Å². The number of carbonyl (C=O) groups excluding carboxylic acids is 3. The van der Waals surface area contributed by atoms with Crippen molar-refractivity contribution in [1.82, 2.24) is 15.2 Å². The van der Waals surface area contributed by atoms with Crippen molar-refractivity contribution in [2.45, 2.75) is 84.1 Å².